The number of amides is 1. The van der Waals surface area contributed by atoms with Gasteiger partial charge in [-0.1, -0.05) is 27.2 Å². The third kappa shape index (κ3) is 5.91. The molecule has 1 fully saturated rings. The van der Waals surface area contributed by atoms with Crippen LogP contribution < -0.4 is 5.32 Å². The minimum absolute atomic E-state index is 0.104. The summed E-state index contributed by atoms with van der Waals surface area (Å²) in [6.07, 6.45) is 3.71. The molecule has 112 valence electrons. The summed E-state index contributed by atoms with van der Waals surface area (Å²) in [5, 5.41) is 12.5. The van der Waals surface area contributed by atoms with E-state index in [-0.39, 0.29) is 17.9 Å². The minimum Gasteiger partial charge on any atom is -0.393 e. The Kier molecular flexibility index (Phi) is 7.39. The van der Waals surface area contributed by atoms with E-state index in [1.54, 1.807) is 0 Å². The zero-order valence-corrected chi connectivity index (χ0v) is 12.7. The van der Waals surface area contributed by atoms with Crippen LogP contribution in [0.1, 0.15) is 46.5 Å². The van der Waals surface area contributed by atoms with Crippen molar-refractivity contribution in [1.29, 1.82) is 0 Å². The normalized spacial score (nSPS) is 21.1. The third-order valence-electron chi connectivity index (χ3n) is 4.42. The Morgan fingerprint density at radius 3 is 2.58 bits per heavy atom. The maximum atomic E-state index is 11.9. The molecule has 2 atom stereocenters. The van der Waals surface area contributed by atoms with Crippen LogP contribution in [0, 0.1) is 11.8 Å². The molecule has 19 heavy (non-hydrogen) atoms. The Morgan fingerprint density at radius 1 is 1.37 bits per heavy atom. The topological polar surface area (TPSA) is 52.6 Å². The van der Waals surface area contributed by atoms with Crippen LogP contribution in [0.15, 0.2) is 0 Å². The highest BCUT2D eigenvalue weighted by molar-refractivity contribution is 5.78. The molecule has 4 nitrogen and oxygen atoms in total. The predicted octanol–water partition coefficient (Wildman–Crippen LogP) is 1.63. The SMILES string of the molecule is CCC(C)C(C)C(=O)NCCCN1CCC(O)CC1. The number of aliphatic hydroxyl groups excluding tert-OH is 1. The lowest BCUT2D eigenvalue weighted by Crippen LogP contribution is -2.38. The molecule has 1 saturated heterocycles. The highest BCUT2D eigenvalue weighted by Crippen LogP contribution is 2.14. The molecule has 0 aliphatic carbocycles. The number of piperidine rings is 1. The van der Waals surface area contributed by atoms with Gasteiger partial charge in [0.1, 0.15) is 0 Å². The summed E-state index contributed by atoms with van der Waals surface area (Å²) in [6.45, 7) is 10.0. The number of carbonyl (C=O) groups excluding carboxylic acids is 1. The van der Waals surface area contributed by atoms with Crippen molar-refractivity contribution in [2.24, 2.45) is 11.8 Å². The van der Waals surface area contributed by atoms with Crippen LogP contribution in [0.3, 0.4) is 0 Å². The van der Waals surface area contributed by atoms with Gasteiger partial charge in [-0.25, -0.2) is 0 Å². The van der Waals surface area contributed by atoms with E-state index in [0.29, 0.717) is 5.92 Å². The summed E-state index contributed by atoms with van der Waals surface area (Å²) in [6, 6.07) is 0. The largest absolute Gasteiger partial charge is 0.393 e. The number of rotatable bonds is 7. The Labute approximate surface area is 117 Å². The van der Waals surface area contributed by atoms with E-state index in [1.807, 2.05) is 6.92 Å². The first-order valence-electron chi connectivity index (χ1n) is 7.72. The molecule has 0 bridgehead atoms. The van der Waals surface area contributed by atoms with Gasteiger partial charge < -0.3 is 15.3 Å². The molecule has 1 aliphatic heterocycles. The maximum Gasteiger partial charge on any atom is 0.223 e. The lowest BCUT2D eigenvalue weighted by Gasteiger charge is -2.29. The molecule has 1 heterocycles. The fourth-order valence-electron chi connectivity index (χ4n) is 2.43. The van der Waals surface area contributed by atoms with E-state index in [0.717, 1.165) is 51.9 Å². The molecule has 1 aliphatic rings. The summed E-state index contributed by atoms with van der Waals surface area (Å²) in [5.41, 5.74) is 0. The van der Waals surface area contributed by atoms with Crippen molar-refractivity contribution in [3.8, 4) is 0 Å². The number of hydrogen-bond donors (Lipinski definition) is 2. The first-order valence-corrected chi connectivity index (χ1v) is 7.72. The molecule has 0 saturated carbocycles. The summed E-state index contributed by atoms with van der Waals surface area (Å²) >= 11 is 0. The molecule has 0 spiro atoms. The van der Waals surface area contributed by atoms with Crippen molar-refractivity contribution in [2.45, 2.75) is 52.6 Å². The second-order valence-electron chi connectivity index (χ2n) is 5.89. The molecule has 1 amide bonds. The standard InChI is InChI=1S/C15H30N2O2/c1-4-12(2)13(3)15(19)16-8-5-9-17-10-6-14(18)7-11-17/h12-14,18H,4-11H2,1-3H3,(H,16,19). The smallest absolute Gasteiger partial charge is 0.223 e. The maximum absolute atomic E-state index is 11.9. The van der Waals surface area contributed by atoms with E-state index in [2.05, 4.69) is 24.1 Å². The first kappa shape index (κ1) is 16.4. The minimum atomic E-state index is -0.104. The number of aliphatic hydroxyl groups is 1. The molecule has 0 aromatic carbocycles. The second-order valence-corrected chi connectivity index (χ2v) is 5.89. The zero-order chi connectivity index (χ0) is 14.3. The monoisotopic (exact) mass is 270 g/mol. The number of nitrogens with zero attached hydrogens (tertiary/aromatic N) is 1. The molecule has 0 radical (unpaired) electrons. The van der Waals surface area contributed by atoms with Gasteiger partial charge in [-0.3, -0.25) is 4.79 Å². The summed E-state index contributed by atoms with van der Waals surface area (Å²) in [7, 11) is 0. The lowest BCUT2D eigenvalue weighted by atomic mass is 9.93. The van der Waals surface area contributed by atoms with Crippen molar-refractivity contribution in [1.82, 2.24) is 10.2 Å². The Hall–Kier alpha value is -0.610. The van der Waals surface area contributed by atoms with Crippen molar-refractivity contribution >= 4 is 5.91 Å². The van der Waals surface area contributed by atoms with Gasteiger partial charge in [0.05, 0.1) is 6.10 Å². The Bertz CT molecular complexity index is 263. The van der Waals surface area contributed by atoms with Crippen LogP contribution in [-0.4, -0.2) is 48.2 Å². The van der Waals surface area contributed by atoms with E-state index < -0.39 is 0 Å². The van der Waals surface area contributed by atoms with E-state index >= 15 is 0 Å². The molecule has 0 aromatic heterocycles. The molecule has 1 rings (SSSR count). The highest BCUT2D eigenvalue weighted by atomic mass is 16.3. The number of nitrogens with one attached hydrogen (secondary N) is 1. The van der Waals surface area contributed by atoms with Gasteiger partial charge in [-0.15, -0.1) is 0 Å². The molecule has 4 heteroatoms. The average Bonchev–Trinajstić information content (AvgIpc) is 2.43. The number of likely N-dealkylation sites (tertiary alicyclic amines) is 1. The van der Waals surface area contributed by atoms with Gasteiger partial charge in [0.15, 0.2) is 0 Å². The van der Waals surface area contributed by atoms with Crippen LogP contribution in [0.2, 0.25) is 0 Å². The Balaban J connectivity index is 2.08. The van der Waals surface area contributed by atoms with Gasteiger partial charge in [-0.2, -0.15) is 0 Å². The lowest BCUT2D eigenvalue weighted by molar-refractivity contribution is -0.125. The van der Waals surface area contributed by atoms with Gasteiger partial charge >= 0.3 is 0 Å². The van der Waals surface area contributed by atoms with Gasteiger partial charge in [0.2, 0.25) is 5.91 Å². The van der Waals surface area contributed by atoms with E-state index in [9.17, 15) is 9.90 Å². The van der Waals surface area contributed by atoms with Gasteiger partial charge in [0.25, 0.3) is 0 Å². The quantitative estimate of drug-likeness (QED) is 0.691. The van der Waals surface area contributed by atoms with Crippen molar-refractivity contribution in [3.05, 3.63) is 0 Å². The average molecular weight is 270 g/mol. The Morgan fingerprint density at radius 2 is 2.00 bits per heavy atom. The van der Waals surface area contributed by atoms with E-state index in [4.69, 9.17) is 0 Å². The van der Waals surface area contributed by atoms with Crippen LogP contribution in [0.25, 0.3) is 0 Å². The van der Waals surface area contributed by atoms with Crippen molar-refractivity contribution < 1.29 is 9.90 Å². The van der Waals surface area contributed by atoms with Gasteiger partial charge in [0, 0.05) is 25.6 Å². The van der Waals surface area contributed by atoms with E-state index in [1.165, 1.54) is 0 Å². The van der Waals surface area contributed by atoms with Crippen molar-refractivity contribution in [3.63, 3.8) is 0 Å². The molecule has 0 aromatic rings. The summed E-state index contributed by atoms with van der Waals surface area (Å²) in [5.74, 6) is 0.738. The predicted molar refractivity (Wildman–Crippen MR) is 77.9 cm³/mol. The zero-order valence-electron chi connectivity index (χ0n) is 12.7. The number of hydrogen-bond acceptors (Lipinski definition) is 3. The second kappa shape index (κ2) is 8.54. The summed E-state index contributed by atoms with van der Waals surface area (Å²) in [4.78, 5) is 14.3. The van der Waals surface area contributed by atoms with Crippen LogP contribution in [0.5, 0.6) is 0 Å². The number of carbonyl (C=O) groups is 1. The molecular formula is C15H30N2O2. The molecule has 2 unspecified atom stereocenters. The molecule has 2 N–H and O–H groups in total. The highest BCUT2D eigenvalue weighted by Gasteiger charge is 2.19. The first-order chi connectivity index (χ1) is 9.04. The third-order valence-corrected chi connectivity index (χ3v) is 4.42. The fraction of sp³-hybridized carbons (Fsp3) is 0.933. The van der Waals surface area contributed by atoms with Gasteiger partial charge in [-0.05, 0) is 31.7 Å². The van der Waals surface area contributed by atoms with Crippen molar-refractivity contribution in [2.75, 3.05) is 26.2 Å². The fourth-order valence-corrected chi connectivity index (χ4v) is 2.43. The van der Waals surface area contributed by atoms with Crippen LogP contribution >= 0.6 is 0 Å². The molecular weight excluding hydrogens is 240 g/mol. The van der Waals surface area contributed by atoms with Crippen LogP contribution in [-0.2, 0) is 4.79 Å². The van der Waals surface area contributed by atoms with Crippen LogP contribution in [0.4, 0.5) is 0 Å². The summed E-state index contributed by atoms with van der Waals surface area (Å²) < 4.78 is 0.